The summed E-state index contributed by atoms with van der Waals surface area (Å²) >= 11 is 6.01. The highest BCUT2D eigenvalue weighted by Gasteiger charge is 2.32. The highest BCUT2D eigenvalue weighted by atomic mass is 35.5. The molecule has 2 heterocycles. The van der Waals surface area contributed by atoms with Crippen LogP contribution in [0.4, 0.5) is 18.0 Å². The van der Waals surface area contributed by atoms with Crippen LogP contribution >= 0.6 is 11.6 Å². The maximum Gasteiger partial charge on any atom is 0.573 e. The van der Waals surface area contributed by atoms with E-state index in [0.29, 0.717) is 48.5 Å². The van der Waals surface area contributed by atoms with Crippen molar-refractivity contribution in [1.82, 2.24) is 14.9 Å². The Morgan fingerprint density at radius 3 is 2.46 bits per heavy atom. The molecule has 0 saturated heterocycles. The Kier molecular flexibility index (Phi) is 11.9. The van der Waals surface area contributed by atoms with Gasteiger partial charge in [-0.3, -0.25) is 4.98 Å². The quantitative estimate of drug-likeness (QED) is 0.0780. The summed E-state index contributed by atoms with van der Waals surface area (Å²) in [6.45, 7) is 8.09. The Hall–Kier alpha value is -4.36. The lowest BCUT2D eigenvalue weighted by atomic mass is 10.1. The third kappa shape index (κ3) is 10.3. The zero-order chi connectivity index (χ0) is 35.1. The number of esters is 1. The largest absolute Gasteiger partial charge is 0.573 e. The molecular weight excluding hydrogens is 655 g/mol. The molecule has 14 heteroatoms. The van der Waals surface area contributed by atoms with Crippen LogP contribution in [0.1, 0.15) is 56.5 Å². The Morgan fingerprint density at radius 2 is 1.77 bits per heavy atom. The van der Waals surface area contributed by atoms with E-state index in [2.05, 4.69) is 14.7 Å². The van der Waals surface area contributed by atoms with Crippen LogP contribution in [-0.4, -0.2) is 71.9 Å². The Bertz CT molecular complexity index is 1750. The second-order valence-corrected chi connectivity index (χ2v) is 12.4. The van der Waals surface area contributed by atoms with E-state index in [1.54, 1.807) is 51.4 Å². The third-order valence-corrected chi connectivity index (χ3v) is 7.16. The van der Waals surface area contributed by atoms with Gasteiger partial charge in [-0.15, -0.1) is 13.2 Å². The number of fused-ring (bicyclic) bond motifs is 3. The fraction of sp³-hybridized carbons (Fsp3) is 0.412. The fourth-order valence-corrected chi connectivity index (χ4v) is 5.01. The van der Waals surface area contributed by atoms with Crippen molar-refractivity contribution >= 4 is 45.3 Å². The fourth-order valence-electron chi connectivity index (χ4n) is 4.76. The standard InChI is InChI=1S/C34H37ClF3N3O7/c1-21(46-30-25-12-13-39-18-26(25)24-10-9-23(31(42)44-5)17-28(24)40-30)20-45-15-7-6-14-41(32(43)48-33(2,3)4)19-22-8-11-29(27(35)16-22)47-34(36,37)38/h8-13,16-18,21H,6-7,14-15,19-20H2,1-5H3/t21-/m1/s1. The first-order chi connectivity index (χ1) is 22.6. The van der Waals surface area contributed by atoms with Gasteiger partial charge >= 0.3 is 18.4 Å². The van der Waals surface area contributed by atoms with E-state index in [1.165, 1.54) is 24.1 Å². The van der Waals surface area contributed by atoms with Crippen LogP contribution in [0.25, 0.3) is 21.7 Å². The lowest BCUT2D eigenvalue weighted by molar-refractivity contribution is -0.274. The number of methoxy groups -OCH3 is 1. The van der Waals surface area contributed by atoms with Gasteiger partial charge in [0.2, 0.25) is 5.88 Å². The van der Waals surface area contributed by atoms with Crippen molar-refractivity contribution in [3.63, 3.8) is 0 Å². The number of amides is 1. The number of aromatic nitrogens is 2. The zero-order valence-corrected chi connectivity index (χ0v) is 28.0. The molecule has 4 rings (SSSR count). The van der Waals surface area contributed by atoms with E-state index in [4.69, 9.17) is 30.5 Å². The molecule has 2 aromatic carbocycles. The molecular formula is C34H37ClF3N3O7. The summed E-state index contributed by atoms with van der Waals surface area (Å²) in [6, 6.07) is 10.8. The lowest BCUT2D eigenvalue weighted by Gasteiger charge is -2.27. The highest BCUT2D eigenvalue weighted by Crippen LogP contribution is 2.32. The lowest BCUT2D eigenvalue weighted by Crippen LogP contribution is -2.37. The summed E-state index contributed by atoms with van der Waals surface area (Å²) in [5, 5.41) is 2.18. The molecule has 0 spiro atoms. The normalized spacial score (nSPS) is 12.5. The maximum atomic E-state index is 12.9. The summed E-state index contributed by atoms with van der Waals surface area (Å²) in [5.74, 6) is -0.619. The molecule has 0 bridgehead atoms. The molecule has 0 aliphatic rings. The van der Waals surface area contributed by atoms with E-state index < -0.39 is 29.8 Å². The molecule has 0 aliphatic carbocycles. The first kappa shape index (κ1) is 36.5. The summed E-state index contributed by atoms with van der Waals surface area (Å²) in [7, 11) is 1.32. The molecule has 1 atom stereocenters. The van der Waals surface area contributed by atoms with Crippen LogP contribution in [0.5, 0.6) is 11.6 Å². The number of unbranched alkanes of at least 4 members (excludes halogenated alkanes) is 1. The average molecular weight is 692 g/mol. The van der Waals surface area contributed by atoms with E-state index >= 15 is 0 Å². The van der Waals surface area contributed by atoms with Gasteiger partial charge in [0.25, 0.3) is 0 Å². The van der Waals surface area contributed by atoms with Gasteiger partial charge in [-0.25, -0.2) is 14.6 Å². The van der Waals surface area contributed by atoms with Gasteiger partial charge in [0.05, 0.1) is 29.8 Å². The number of benzene rings is 2. The van der Waals surface area contributed by atoms with Gasteiger partial charge in [0, 0.05) is 48.2 Å². The number of alkyl halides is 3. The number of carbonyl (C=O) groups is 2. The molecule has 0 radical (unpaired) electrons. The van der Waals surface area contributed by atoms with Crippen molar-refractivity contribution < 1.29 is 46.4 Å². The number of hydrogen-bond acceptors (Lipinski definition) is 9. The maximum absolute atomic E-state index is 12.9. The Labute approximate surface area is 281 Å². The van der Waals surface area contributed by atoms with E-state index in [-0.39, 0.29) is 24.3 Å². The number of hydrogen-bond donors (Lipinski definition) is 0. The molecule has 10 nitrogen and oxygen atoms in total. The monoisotopic (exact) mass is 691 g/mol. The van der Waals surface area contributed by atoms with Crippen LogP contribution in [0.15, 0.2) is 54.9 Å². The van der Waals surface area contributed by atoms with Crippen LogP contribution in [-0.2, 0) is 20.8 Å². The van der Waals surface area contributed by atoms with Gasteiger partial charge in [0.1, 0.15) is 17.5 Å². The molecule has 2 aromatic heterocycles. The Morgan fingerprint density at radius 1 is 1.00 bits per heavy atom. The minimum atomic E-state index is -4.88. The summed E-state index contributed by atoms with van der Waals surface area (Å²) in [6.07, 6.45) is -1.29. The van der Waals surface area contributed by atoms with Crippen molar-refractivity contribution in [2.45, 2.75) is 65.1 Å². The SMILES string of the molecule is COC(=O)c1ccc2c(c1)nc(O[C@H](C)COCCCCN(Cc1ccc(OC(F)(F)F)c(Cl)c1)C(=O)OC(C)(C)C)c1ccncc12. The Balaban J connectivity index is 1.33. The van der Waals surface area contributed by atoms with E-state index in [9.17, 15) is 22.8 Å². The number of halogens is 4. The van der Waals surface area contributed by atoms with Gasteiger partial charge in [0.15, 0.2) is 0 Å². The van der Waals surface area contributed by atoms with E-state index in [0.717, 1.165) is 22.2 Å². The topological polar surface area (TPSA) is 109 Å². The molecule has 4 aromatic rings. The van der Waals surface area contributed by atoms with Crippen LogP contribution in [0.3, 0.4) is 0 Å². The van der Waals surface area contributed by atoms with Gasteiger partial charge < -0.3 is 28.6 Å². The minimum absolute atomic E-state index is 0.0655. The average Bonchev–Trinajstić information content (AvgIpc) is 3.01. The summed E-state index contributed by atoms with van der Waals surface area (Å²) < 4.78 is 64.2. The highest BCUT2D eigenvalue weighted by molar-refractivity contribution is 6.32. The predicted molar refractivity (Wildman–Crippen MR) is 173 cm³/mol. The number of nitrogens with zero attached hydrogens (tertiary/aromatic N) is 3. The molecule has 0 aliphatic heterocycles. The van der Waals surface area contributed by atoms with Crippen molar-refractivity contribution in [3.8, 4) is 11.6 Å². The molecule has 1 amide bonds. The first-order valence-electron chi connectivity index (χ1n) is 15.2. The molecule has 48 heavy (non-hydrogen) atoms. The third-order valence-electron chi connectivity index (χ3n) is 6.86. The predicted octanol–water partition coefficient (Wildman–Crippen LogP) is 8.12. The van der Waals surface area contributed by atoms with Gasteiger partial charge in [-0.2, -0.15) is 0 Å². The number of rotatable bonds is 13. The van der Waals surface area contributed by atoms with Crippen molar-refractivity contribution in [1.29, 1.82) is 0 Å². The first-order valence-corrected chi connectivity index (χ1v) is 15.5. The summed E-state index contributed by atoms with van der Waals surface area (Å²) in [4.78, 5) is 35.4. The van der Waals surface area contributed by atoms with Crippen LogP contribution in [0, 0.1) is 0 Å². The van der Waals surface area contributed by atoms with Crippen molar-refractivity contribution in [2.24, 2.45) is 0 Å². The van der Waals surface area contributed by atoms with Gasteiger partial charge in [-0.1, -0.05) is 23.7 Å². The van der Waals surface area contributed by atoms with Crippen LogP contribution < -0.4 is 9.47 Å². The zero-order valence-electron chi connectivity index (χ0n) is 27.2. The number of pyridine rings is 2. The van der Waals surface area contributed by atoms with Crippen molar-refractivity contribution in [2.75, 3.05) is 26.9 Å². The minimum Gasteiger partial charge on any atom is -0.472 e. The molecule has 258 valence electrons. The molecule has 0 saturated carbocycles. The number of carbonyl (C=O) groups excluding carboxylic acids is 2. The van der Waals surface area contributed by atoms with Gasteiger partial charge in [-0.05, 0) is 76.4 Å². The van der Waals surface area contributed by atoms with Crippen molar-refractivity contribution in [3.05, 3.63) is 71.0 Å². The smallest absolute Gasteiger partial charge is 0.472 e. The second-order valence-electron chi connectivity index (χ2n) is 12.0. The van der Waals surface area contributed by atoms with Crippen LogP contribution in [0.2, 0.25) is 5.02 Å². The van der Waals surface area contributed by atoms with E-state index in [1.807, 2.05) is 13.0 Å². The molecule has 0 N–H and O–H groups in total. The number of ether oxygens (including phenoxy) is 5. The molecule has 0 fully saturated rings. The molecule has 0 unspecified atom stereocenters. The second kappa shape index (κ2) is 15.7. The summed E-state index contributed by atoms with van der Waals surface area (Å²) in [5.41, 5.74) is 0.686.